The van der Waals surface area contributed by atoms with Gasteiger partial charge in [0.05, 0.1) is 13.2 Å². The van der Waals surface area contributed by atoms with Crippen LogP contribution in [-0.4, -0.2) is 66.0 Å². The first-order valence-corrected chi connectivity index (χ1v) is 8.07. The van der Waals surface area contributed by atoms with Crippen LogP contribution in [0, 0.1) is 0 Å². The Balaban J connectivity index is 2.50. The van der Waals surface area contributed by atoms with Crippen molar-refractivity contribution in [2.75, 3.05) is 40.4 Å². The second-order valence-electron chi connectivity index (χ2n) is 5.19. The number of aromatic nitrogens is 3. The molecule has 0 radical (unpaired) electrons. The third kappa shape index (κ3) is 6.43. The minimum atomic E-state index is 0.637. The minimum absolute atomic E-state index is 0.637. The van der Waals surface area contributed by atoms with E-state index in [2.05, 4.69) is 50.9 Å². The molecule has 0 amide bonds. The normalized spacial score (nSPS) is 11.7. The number of aliphatic imine (C=N–C) groups is 1. The maximum Gasteiger partial charge on any atom is 0.193 e. The van der Waals surface area contributed by atoms with Gasteiger partial charge in [0.15, 0.2) is 5.96 Å². The smallest absolute Gasteiger partial charge is 0.193 e. The average Bonchev–Trinajstić information content (AvgIpc) is 2.98. The highest BCUT2D eigenvalue weighted by molar-refractivity contribution is 5.79. The van der Waals surface area contributed by atoms with Gasteiger partial charge in [-0.1, -0.05) is 20.3 Å². The molecule has 0 unspecified atom stereocenters. The van der Waals surface area contributed by atoms with E-state index in [4.69, 9.17) is 4.74 Å². The summed E-state index contributed by atoms with van der Waals surface area (Å²) in [7, 11) is 3.77. The molecule has 0 bridgehead atoms. The SMILES string of the molecule is CCCCN(C)C(=NCCOC)NCCn1cnnc1CC. The molecule has 1 aromatic heterocycles. The van der Waals surface area contributed by atoms with Gasteiger partial charge in [-0.2, -0.15) is 0 Å². The second kappa shape index (κ2) is 11.0. The maximum atomic E-state index is 5.07. The first-order chi connectivity index (χ1) is 10.7. The van der Waals surface area contributed by atoms with Gasteiger partial charge in [0.2, 0.25) is 0 Å². The summed E-state index contributed by atoms with van der Waals surface area (Å²) < 4.78 is 7.15. The number of ether oxygens (including phenoxy) is 1. The van der Waals surface area contributed by atoms with Crippen molar-refractivity contribution >= 4 is 5.96 Å². The Hall–Kier alpha value is -1.63. The van der Waals surface area contributed by atoms with Crippen LogP contribution in [0.25, 0.3) is 0 Å². The van der Waals surface area contributed by atoms with Crippen molar-refractivity contribution in [1.29, 1.82) is 0 Å². The van der Waals surface area contributed by atoms with Gasteiger partial charge in [-0.3, -0.25) is 4.99 Å². The van der Waals surface area contributed by atoms with E-state index in [0.717, 1.165) is 44.3 Å². The van der Waals surface area contributed by atoms with Crippen LogP contribution in [0.4, 0.5) is 0 Å². The fourth-order valence-corrected chi connectivity index (χ4v) is 2.08. The summed E-state index contributed by atoms with van der Waals surface area (Å²) in [6.07, 6.45) is 5.01. The molecule has 0 saturated heterocycles. The lowest BCUT2D eigenvalue weighted by atomic mass is 10.3. The summed E-state index contributed by atoms with van der Waals surface area (Å²) in [5.41, 5.74) is 0. The number of rotatable bonds is 10. The van der Waals surface area contributed by atoms with Crippen LogP contribution in [0.1, 0.15) is 32.5 Å². The molecule has 1 heterocycles. The highest BCUT2D eigenvalue weighted by Crippen LogP contribution is 1.96. The van der Waals surface area contributed by atoms with Crippen molar-refractivity contribution in [3.63, 3.8) is 0 Å². The van der Waals surface area contributed by atoms with E-state index in [9.17, 15) is 0 Å². The van der Waals surface area contributed by atoms with Gasteiger partial charge >= 0.3 is 0 Å². The van der Waals surface area contributed by atoms with Crippen LogP contribution < -0.4 is 5.32 Å². The monoisotopic (exact) mass is 310 g/mol. The van der Waals surface area contributed by atoms with Gasteiger partial charge in [-0.15, -0.1) is 10.2 Å². The summed E-state index contributed by atoms with van der Waals surface area (Å²) in [6.45, 7) is 8.22. The lowest BCUT2D eigenvalue weighted by Gasteiger charge is -2.22. The number of unbranched alkanes of at least 4 members (excludes halogenated alkanes) is 1. The number of nitrogens with zero attached hydrogens (tertiary/aromatic N) is 5. The quantitative estimate of drug-likeness (QED) is 0.399. The highest BCUT2D eigenvalue weighted by atomic mass is 16.5. The number of nitrogens with one attached hydrogen (secondary N) is 1. The van der Waals surface area contributed by atoms with Crippen LogP contribution in [0.3, 0.4) is 0 Å². The topological polar surface area (TPSA) is 67.6 Å². The maximum absolute atomic E-state index is 5.07. The third-order valence-electron chi connectivity index (χ3n) is 3.41. The Morgan fingerprint density at radius 2 is 2.27 bits per heavy atom. The Morgan fingerprint density at radius 1 is 1.45 bits per heavy atom. The molecular weight excluding hydrogens is 280 g/mol. The molecule has 0 spiro atoms. The minimum Gasteiger partial charge on any atom is -0.383 e. The molecule has 0 aliphatic heterocycles. The molecule has 0 aromatic carbocycles. The Bertz CT molecular complexity index is 431. The molecule has 0 fully saturated rings. The zero-order chi connectivity index (χ0) is 16.2. The summed E-state index contributed by atoms with van der Waals surface area (Å²) in [5, 5.41) is 11.5. The van der Waals surface area contributed by atoms with E-state index in [1.807, 2.05) is 0 Å². The summed E-state index contributed by atoms with van der Waals surface area (Å²) in [5.74, 6) is 1.94. The largest absolute Gasteiger partial charge is 0.383 e. The van der Waals surface area contributed by atoms with Crippen LogP contribution in [-0.2, 0) is 17.7 Å². The molecule has 22 heavy (non-hydrogen) atoms. The molecule has 0 aliphatic rings. The number of guanidine groups is 1. The molecule has 1 N–H and O–H groups in total. The molecule has 0 atom stereocenters. The summed E-state index contributed by atoms with van der Waals surface area (Å²) in [6, 6.07) is 0. The number of hydrogen-bond donors (Lipinski definition) is 1. The van der Waals surface area contributed by atoms with Gasteiger partial charge in [0, 0.05) is 40.2 Å². The molecular formula is C15H30N6O. The predicted molar refractivity (Wildman–Crippen MR) is 89.1 cm³/mol. The number of methoxy groups -OCH3 is 1. The van der Waals surface area contributed by atoms with Crippen LogP contribution in [0.2, 0.25) is 0 Å². The van der Waals surface area contributed by atoms with Crippen LogP contribution in [0.5, 0.6) is 0 Å². The zero-order valence-corrected chi connectivity index (χ0v) is 14.4. The Labute approximate surface area is 133 Å². The molecule has 126 valence electrons. The molecule has 7 nitrogen and oxygen atoms in total. The molecule has 0 saturated carbocycles. The van der Waals surface area contributed by atoms with E-state index in [1.54, 1.807) is 13.4 Å². The fraction of sp³-hybridized carbons (Fsp3) is 0.800. The first kappa shape index (κ1) is 18.4. The van der Waals surface area contributed by atoms with E-state index in [-0.39, 0.29) is 0 Å². The van der Waals surface area contributed by atoms with Crippen molar-refractivity contribution < 1.29 is 4.74 Å². The fourth-order valence-electron chi connectivity index (χ4n) is 2.08. The van der Waals surface area contributed by atoms with Gasteiger partial charge in [0.1, 0.15) is 12.2 Å². The van der Waals surface area contributed by atoms with Crippen molar-refractivity contribution in [3.8, 4) is 0 Å². The number of aryl methyl sites for hydroxylation is 1. The Morgan fingerprint density at radius 3 is 2.95 bits per heavy atom. The van der Waals surface area contributed by atoms with E-state index in [1.165, 1.54) is 6.42 Å². The predicted octanol–water partition coefficient (Wildman–Crippen LogP) is 1.16. The van der Waals surface area contributed by atoms with Crippen LogP contribution >= 0.6 is 0 Å². The third-order valence-corrected chi connectivity index (χ3v) is 3.41. The van der Waals surface area contributed by atoms with Gasteiger partial charge in [-0.05, 0) is 6.42 Å². The molecule has 7 heteroatoms. The van der Waals surface area contributed by atoms with Crippen LogP contribution in [0.15, 0.2) is 11.3 Å². The molecule has 1 rings (SSSR count). The number of hydrogen-bond acceptors (Lipinski definition) is 4. The first-order valence-electron chi connectivity index (χ1n) is 8.07. The van der Waals surface area contributed by atoms with Crippen molar-refractivity contribution in [2.45, 2.75) is 39.7 Å². The standard InChI is InChI=1S/C15H30N6O/c1-5-7-10-20(3)15(17-9-12-22-4)16-8-11-21-13-18-19-14(21)6-2/h13H,5-12H2,1-4H3,(H,16,17). The highest BCUT2D eigenvalue weighted by Gasteiger charge is 2.06. The van der Waals surface area contributed by atoms with E-state index >= 15 is 0 Å². The van der Waals surface area contributed by atoms with E-state index in [0.29, 0.717) is 13.2 Å². The van der Waals surface area contributed by atoms with Crippen molar-refractivity contribution in [1.82, 2.24) is 25.0 Å². The lowest BCUT2D eigenvalue weighted by Crippen LogP contribution is -2.41. The van der Waals surface area contributed by atoms with Crippen molar-refractivity contribution in [3.05, 3.63) is 12.2 Å². The molecule has 0 aliphatic carbocycles. The van der Waals surface area contributed by atoms with Gasteiger partial charge in [-0.25, -0.2) is 0 Å². The second-order valence-corrected chi connectivity index (χ2v) is 5.19. The molecule has 1 aromatic rings. The van der Waals surface area contributed by atoms with Crippen molar-refractivity contribution in [2.24, 2.45) is 4.99 Å². The average molecular weight is 310 g/mol. The van der Waals surface area contributed by atoms with Gasteiger partial charge in [0.25, 0.3) is 0 Å². The summed E-state index contributed by atoms with van der Waals surface area (Å²) >= 11 is 0. The zero-order valence-electron chi connectivity index (χ0n) is 14.4. The lowest BCUT2D eigenvalue weighted by molar-refractivity contribution is 0.207. The Kier molecular flexibility index (Phi) is 9.21. The van der Waals surface area contributed by atoms with E-state index < -0.39 is 0 Å². The van der Waals surface area contributed by atoms with Gasteiger partial charge < -0.3 is 19.5 Å². The summed E-state index contributed by atoms with van der Waals surface area (Å²) in [4.78, 5) is 6.77.